The van der Waals surface area contributed by atoms with E-state index >= 15 is 0 Å². The number of likely N-dealkylation sites (N-methyl/N-ethyl adjacent to an activating group) is 1. The lowest BCUT2D eigenvalue weighted by atomic mass is 10.2. The highest BCUT2D eigenvalue weighted by atomic mass is 32.2. The zero-order valence-electron chi connectivity index (χ0n) is 14.6. The van der Waals surface area contributed by atoms with Crippen LogP contribution < -0.4 is 15.8 Å². The summed E-state index contributed by atoms with van der Waals surface area (Å²) in [7, 11) is -3.02. The molecular weight excluding hydrogens is 356 g/mol. The lowest BCUT2D eigenvalue weighted by molar-refractivity contribution is -0.904. The number of aromatic nitrogens is 2. The van der Waals surface area contributed by atoms with Gasteiger partial charge < -0.3 is 15.2 Å². The number of nitrogens with one attached hydrogen (secondary N) is 3. The molecule has 0 aliphatic carbocycles. The molecule has 1 amide bonds. The summed E-state index contributed by atoms with van der Waals surface area (Å²) < 4.78 is 23.0. The smallest absolute Gasteiger partial charge is 0.275 e. The molecule has 9 heteroatoms. The van der Waals surface area contributed by atoms with E-state index in [2.05, 4.69) is 15.3 Å². The van der Waals surface area contributed by atoms with Crippen molar-refractivity contribution >= 4 is 26.6 Å². The second-order valence-electron chi connectivity index (χ2n) is 6.65. The van der Waals surface area contributed by atoms with E-state index < -0.39 is 9.84 Å². The second kappa shape index (κ2) is 7.55. The maximum atomic E-state index is 12.2. The van der Waals surface area contributed by atoms with Crippen LogP contribution in [0.4, 0.5) is 0 Å². The monoisotopic (exact) mass is 379 g/mol. The Morgan fingerprint density at radius 3 is 2.85 bits per heavy atom. The van der Waals surface area contributed by atoms with E-state index in [1.807, 2.05) is 13.0 Å². The predicted molar refractivity (Wildman–Crippen MR) is 97.6 cm³/mol. The molecule has 1 saturated heterocycles. The SMILES string of the molecule is CC[NH+](CC(=O)N[C@H]1CCS(=O)(=O)C1)Cc1nc2ccccc2c(=O)[nH]1. The lowest BCUT2D eigenvalue weighted by Crippen LogP contribution is -3.11. The van der Waals surface area contributed by atoms with E-state index in [0.717, 1.165) is 4.90 Å². The minimum atomic E-state index is -3.02. The van der Waals surface area contributed by atoms with E-state index in [1.165, 1.54) is 0 Å². The molecule has 1 fully saturated rings. The summed E-state index contributed by atoms with van der Waals surface area (Å²) in [6.45, 7) is 3.23. The van der Waals surface area contributed by atoms with E-state index in [0.29, 0.717) is 36.2 Å². The summed E-state index contributed by atoms with van der Waals surface area (Å²) in [6.07, 6.45) is 0.467. The molecule has 0 spiro atoms. The molecule has 2 heterocycles. The number of para-hydroxylation sites is 1. The fraction of sp³-hybridized carbons (Fsp3) is 0.471. The van der Waals surface area contributed by atoms with E-state index in [1.54, 1.807) is 18.2 Å². The fourth-order valence-corrected chi connectivity index (χ4v) is 4.86. The van der Waals surface area contributed by atoms with Crippen LogP contribution in [0.1, 0.15) is 19.2 Å². The van der Waals surface area contributed by atoms with Crippen molar-refractivity contribution in [2.45, 2.75) is 25.9 Å². The van der Waals surface area contributed by atoms with Crippen LogP contribution in [-0.2, 0) is 21.2 Å². The van der Waals surface area contributed by atoms with Crippen LogP contribution >= 0.6 is 0 Å². The number of H-pyrrole nitrogens is 1. The van der Waals surface area contributed by atoms with Gasteiger partial charge in [-0.05, 0) is 25.5 Å². The maximum Gasteiger partial charge on any atom is 0.275 e. The molecule has 3 N–H and O–H groups in total. The number of sulfone groups is 1. The van der Waals surface area contributed by atoms with E-state index in [-0.39, 0.29) is 35.6 Å². The summed E-state index contributed by atoms with van der Waals surface area (Å²) in [4.78, 5) is 32.5. The van der Waals surface area contributed by atoms with Gasteiger partial charge in [-0.25, -0.2) is 13.4 Å². The molecule has 8 nitrogen and oxygen atoms in total. The Kier molecular flexibility index (Phi) is 5.38. The highest BCUT2D eigenvalue weighted by molar-refractivity contribution is 7.91. The molecule has 1 aliphatic heterocycles. The highest BCUT2D eigenvalue weighted by Gasteiger charge is 2.29. The van der Waals surface area contributed by atoms with E-state index in [9.17, 15) is 18.0 Å². The average molecular weight is 379 g/mol. The number of nitrogens with zero attached hydrogens (tertiary/aromatic N) is 1. The van der Waals surface area contributed by atoms with Gasteiger partial charge in [-0.3, -0.25) is 9.59 Å². The quantitative estimate of drug-likeness (QED) is 0.573. The summed E-state index contributed by atoms with van der Waals surface area (Å²) >= 11 is 0. The molecule has 1 unspecified atom stereocenters. The highest BCUT2D eigenvalue weighted by Crippen LogP contribution is 2.10. The number of quaternary nitrogens is 1. The Morgan fingerprint density at radius 2 is 2.15 bits per heavy atom. The molecule has 2 aromatic rings. The fourth-order valence-electron chi connectivity index (χ4n) is 3.18. The Balaban J connectivity index is 1.64. The first kappa shape index (κ1) is 18.5. The van der Waals surface area contributed by atoms with Gasteiger partial charge in [0.15, 0.2) is 22.2 Å². The predicted octanol–water partition coefficient (Wildman–Crippen LogP) is -1.37. The number of hydrogen-bond acceptors (Lipinski definition) is 5. The van der Waals surface area contributed by atoms with Crippen LogP contribution in [0.3, 0.4) is 0 Å². The van der Waals surface area contributed by atoms with Gasteiger partial charge in [-0.15, -0.1) is 0 Å². The van der Waals surface area contributed by atoms with Gasteiger partial charge in [0.2, 0.25) is 0 Å². The number of rotatable bonds is 6. The number of hydrogen-bond donors (Lipinski definition) is 3. The van der Waals surface area contributed by atoms with Crippen molar-refractivity contribution in [1.29, 1.82) is 0 Å². The lowest BCUT2D eigenvalue weighted by Gasteiger charge is -2.18. The number of amides is 1. The number of benzene rings is 1. The first-order valence-corrected chi connectivity index (χ1v) is 10.5. The summed E-state index contributed by atoms with van der Waals surface area (Å²) in [6, 6.07) is 6.82. The largest absolute Gasteiger partial charge is 0.347 e. The average Bonchev–Trinajstić information content (AvgIpc) is 2.92. The van der Waals surface area contributed by atoms with Gasteiger partial charge in [0.1, 0.15) is 6.54 Å². The van der Waals surface area contributed by atoms with E-state index in [4.69, 9.17) is 0 Å². The van der Waals surface area contributed by atoms with Crippen molar-refractivity contribution < 1.29 is 18.1 Å². The first-order chi connectivity index (χ1) is 12.4. The molecule has 0 radical (unpaired) electrons. The van der Waals surface area contributed by atoms with Crippen LogP contribution in [0, 0.1) is 0 Å². The van der Waals surface area contributed by atoms with Crippen LogP contribution in [0.5, 0.6) is 0 Å². The Hall–Kier alpha value is -2.26. The second-order valence-corrected chi connectivity index (χ2v) is 8.88. The van der Waals surface area contributed by atoms with Crippen molar-refractivity contribution in [3.63, 3.8) is 0 Å². The Morgan fingerprint density at radius 1 is 1.38 bits per heavy atom. The molecule has 0 bridgehead atoms. The number of fused-ring (bicyclic) bond motifs is 1. The van der Waals surface area contributed by atoms with Crippen molar-refractivity contribution in [3.05, 3.63) is 40.4 Å². The summed E-state index contributed by atoms with van der Waals surface area (Å²) in [5.74, 6) is 0.485. The van der Waals surface area contributed by atoms with Gasteiger partial charge >= 0.3 is 0 Å². The third kappa shape index (κ3) is 4.47. The number of carbonyl (C=O) groups excluding carboxylic acids is 1. The zero-order chi connectivity index (χ0) is 18.7. The number of carbonyl (C=O) groups is 1. The van der Waals surface area contributed by atoms with Crippen LogP contribution in [-0.4, -0.2) is 54.9 Å². The van der Waals surface area contributed by atoms with Crippen molar-refractivity contribution in [2.75, 3.05) is 24.6 Å². The molecule has 2 atom stereocenters. The van der Waals surface area contributed by atoms with Gasteiger partial charge in [0.25, 0.3) is 11.5 Å². The molecular formula is C17H23N4O4S+. The third-order valence-corrected chi connectivity index (χ3v) is 6.36. The molecule has 140 valence electrons. The third-order valence-electron chi connectivity index (χ3n) is 4.59. The topological polar surface area (TPSA) is 113 Å². The Labute approximate surface area is 151 Å². The van der Waals surface area contributed by atoms with Crippen molar-refractivity contribution in [2.24, 2.45) is 0 Å². The van der Waals surface area contributed by atoms with Gasteiger partial charge in [0, 0.05) is 6.04 Å². The Bertz CT molecular complexity index is 970. The van der Waals surface area contributed by atoms with Gasteiger partial charge in [-0.2, -0.15) is 0 Å². The van der Waals surface area contributed by atoms with Gasteiger partial charge in [-0.1, -0.05) is 12.1 Å². The van der Waals surface area contributed by atoms with Crippen LogP contribution in [0.2, 0.25) is 0 Å². The molecule has 26 heavy (non-hydrogen) atoms. The van der Waals surface area contributed by atoms with Crippen molar-refractivity contribution in [3.8, 4) is 0 Å². The molecule has 1 aliphatic rings. The zero-order valence-corrected chi connectivity index (χ0v) is 15.4. The molecule has 1 aromatic carbocycles. The van der Waals surface area contributed by atoms with Gasteiger partial charge in [0.05, 0.1) is 29.0 Å². The first-order valence-electron chi connectivity index (χ1n) is 8.67. The minimum Gasteiger partial charge on any atom is -0.347 e. The summed E-state index contributed by atoms with van der Waals surface area (Å²) in [5, 5.41) is 3.33. The standard InChI is InChI=1S/C17H22N4O4S/c1-2-21(10-16(22)18-12-7-8-26(24,25)11-12)9-15-19-14-6-4-3-5-13(14)17(23)20-15/h3-6,12H,2,7-11H2,1H3,(H,18,22)(H,19,20,23)/p+1/t12-/m0/s1. The van der Waals surface area contributed by atoms with Crippen molar-refractivity contribution in [1.82, 2.24) is 15.3 Å². The molecule has 1 aromatic heterocycles. The molecule has 3 rings (SSSR count). The van der Waals surface area contributed by atoms with Crippen LogP contribution in [0.15, 0.2) is 29.1 Å². The minimum absolute atomic E-state index is 0.0136. The van der Waals surface area contributed by atoms with Crippen LogP contribution in [0.25, 0.3) is 10.9 Å². The number of aromatic amines is 1. The normalized spacial score (nSPS) is 20.1. The maximum absolute atomic E-state index is 12.2. The summed E-state index contributed by atoms with van der Waals surface area (Å²) in [5.41, 5.74) is 0.434. The molecule has 0 saturated carbocycles.